The third kappa shape index (κ3) is 4.41. The summed E-state index contributed by atoms with van der Waals surface area (Å²) >= 11 is 0. The molecule has 7 heteroatoms. The zero-order valence-corrected chi connectivity index (χ0v) is 11.6. The number of halogens is 3. The number of amides is 1. The molecule has 1 rings (SSSR count). The van der Waals surface area contributed by atoms with Crippen LogP contribution in [0.25, 0.3) is 0 Å². The molecule has 1 aromatic carbocycles. The van der Waals surface area contributed by atoms with Gasteiger partial charge in [0.2, 0.25) is 5.91 Å². The quantitative estimate of drug-likeness (QED) is 0.874. The molecular weight excluding hydrogens is 271 g/mol. The minimum Gasteiger partial charge on any atom is -0.376 e. The normalized spacial score (nSPS) is 11.3. The molecule has 1 amide bonds. The Morgan fingerprint density at radius 3 is 2.45 bits per heavy atom. The molecule has 0 aliphatic rings. The molecule has 1 aromatic rings. The van der Waals surface area contributed by atoms with Crippen molar-refractivity contribution in [2.75, 3.05) is 37.9 Å². The second-order valence-electron chi connectivity index (χ2n) is 4.53. The summed E-state index contributed by atoms with van der Waals surface area (Å²) in [7, 11) is 5.10. The van der Waals surface area contributed by atoms with Gasteiger partial charge in [0.1, 0.15) is 0 Å². The van der Waals surface area contributed by atoms with Gasteiger partial charge in [-0.15, -0.1) is 0 Å². The number of rotatable bonds is 5. The average molecular weight is 289 g/mol. The fraction of sp³-hybridized carbons (Fsp3) is 0.462. The number of alkyl halides is 3. The van der Waals surface area contributed by atoms with E-state index in [1.54, 1.807) is 26.0 Å². The molecule has 0 bridgehead atoms. The molecule has 0 heterocycles. The first-order valence-corrected chi connectivity index (χ1v) is 6.08. The molecule has 0 aromatic heterocycles. The highest BCUT2D eigenvalue weighted by Gasteiger charge is 2.31. The van der Waals surface area contributed by atoms with Crippen molar-refractivity contribution < 1.29 is 18.0 Å². The van der Waals surface area contributed by atoms with Gasteiger partial charge in [-0.25, -0.2) is 0 Å². The van der Waals surface area contributed by atoms with Crippen LogP contribution in [-0.2, 0) is 11.0 Å². The Morgan fingerprint density at radius 2 is 1.95 bits per heavy atom. The number of anilines is 2. The second kappa shape index (κ2) is 6.60. The summed E-state index contributed by atoms with van der Waals surface area (Å²) in [6.45, 7) is 0.460. The van der Waals surface area contributed by atoms with E-state index in [1.807, 2.05) is 0 Å². The molecule has 0 fully saturated rings. The highest BCUT2D eigenvalue weighted by atomic mass is 19.4. The van der Waals surface area contributed by atoms with Crippen LogP contribution in [0.5, 0.6) is 0 Å². The number of benzene rings is 1. The molecule has 0 saturated heterocycles. The smallest absolute Gasteiger partial charge is 0.376 e. The number of carbonyl (C=O) groups is 1. The van der Waals surface area contributed by atoms with Gasteiger partial charge in [-0.1, -0.05) is 0 Å². The van der Waals surface area contributed by atoms with Gasteiger partial charge >= 0.3 is 6.18 Å². The molecule has 0 aliphatic carbocycles. The van der Waals surface area contributed by atoms with Crippen molar-refractivity contribution in [2.24, 2.45) is 0 Å². The van der Waals surface area contributed by atoms with Gasteiger partial charge in [-0.3, -0.25) is 4.79 Å². The topological polar surface area (TPSA) is 44.4 Å². The van der Waals surface area contributed by atoms with Crippen LogP contribution in [0.2, 0.25) is 0 Å². The van der Waals surface area contributed by atoms with Crippen LogP contribution in [-0.4, -0.2) is 33.6 Å². The van der Waals surface area contributed by atoms with E-state index < -0.39 is 11.7 Å². The molecule has 0 saturated carbocycles. The standard InChI is InChI=1S/C13H18F3N3O/c1-17-7-6-12(20)18-10-8-9(13(14,15)16)4-5-11(10)19(2)3/h4-5,8,17H,6-7H2,1-3H3,(H,18,20). The first kappa shape index (κ1) is 16.3. The summed E-state index contributed by atoms with van der Waals surface area (Å²) in [6, 6.07) is 3.29. The summed E-state index contributed by atoms with van der Waals surface area (Å²) < 4.78 is 38.1. The number of carbonyl (C=O) groups excluding carboxylic acids is 1. The van der Waals surface area contributed by atoms with Crippen molar-refractivity contribution in [3.8, 4) is 0 Å². The maximum Gasteiger partial charge on any atom is 0.416 e. The lowest BCUT2D eigenvalue weighted by molar-refractivity contribution is -0.137. The molecule has 4 nitrogen and oxygen atoms in total. The Labute approximate surface area is 116 Å². The van der Waals surface area contributed by atoms with Gasteiger partial charge in [-0.05, 0) is 25.2 Å². The van der Waals surface area contributed by atoms with Crippen LogP contribution >= 0.6 is 0 Å². The van der Waals surface area contributed by atoms with Crippen LogP contribution in [0.3, 0.4) is 0 Å². The van der Waals surface area contributed by atoms with Crippen molar-refractivity contribution in [3.63, 3.8) is 0 Å². The molecule has 2 N–H and O–H groups in total. The Morgan fingerprint density at radius 1 is 1.30 bits per heavy atom. The van der Waals surface area contributed by atoms with E-state index in [0.29, 0.717) is 12.2 Å². The Kier molecular flexibility index (Phi) is 5.38. The lowest BCUT2D eigenvalue weighted by Crippen LogP contribution is -2.21. The monoisotopic (exact) mass is 289 g/mol. The Balaban J connectivity index is 3.03. The Hall–Kier alpha value is -1.76. The highest BCUT2D eigenvalue weighted by Crippen LogP contribution is 2.34. The van der Waals surface area contributed by atoms with Crippen molar-refractivity contribution in [2.45, 2.75) is 12.6 Å². The molecule has 0 spiro atoms. The van der Waals surface area contributed by atoms with Crippen LogP contribution < -0.4 is 15.5 Å². The van der Waals surface area contributed by atoms with Crippen molar-refractivity contribution in [1.82, 2.24) is 5.32 Å². The largest absolute Gasteiger partial charge is 0.416 e. The van der Waals surface area contributed by atoms with E-state index in [4.69, 9.17) is 0 Å². The van der Waals surface area contributed by atoms with Crippen LogP contribution in [0.15, 0.2) is 18.2 Å². The maximum atomic E-state index is 12.7. The highest BCUT2D eigenvalue weighted by molar-refractivity contribution is 5.94. The third-order valence-electron chi connectivity index (χ3n) is 2.68. The van der Waals surface area contributed by atoms with Crippen molar-refractivity contribution in [1.29, 1.82) is 0 Å². The Bertz CT molecular complexity index is 472. The lowest BCUT2D eigenvalue weighted by Gasteiger charge is -2.19. The van der Waals surface area contributed by atoms with E-state index in [9.17, 15) is 18.0 Å². The number of nitrogens with zero attached hydrogens (tertiary/aromatic N) is 1. The zero-order chi connectivity index (χ0) is 15.3. The van der Waals surface area contributed by atoms with E-state index in [2.05, 4.69) is 10.6 Å². The summed E-state index contributed by atoms with van der Waals surface area (Å²) in [5.74, 6) is -0.332. The van der Waals surface area contributed by atoms with Crippen LogP contribution in [0.1, 0.15) is 12.0 Å². The van der Waals surface area contributed by atoms with Gasteiger partial charge in [0.15, 0.2) is 0 Å². The molecule has 112 valence electrons. The van der Waals surface area contributed by atoms with Gasteiger partial charge in [0.25, 0.3) is 0 Å². The second-order valence-corrected chi connectivity index (χ2v) is 4.53. The predicted molar refractivity (Wildman–Crippen MR) is 72.9 cm³/mol. The van der Waals surface area contributed by atoms with Gasteiger partial charge < -0.3 is 15.5 Å². The molecular formula is C13H18F3N3O. The summed E-state index contributed by atoms with van der Waals surface area (Å²) in [4.78, 5) is 13.3. The first-order valence-electron chi connectivity index (χ1n) is 6.08. The van der Waals surface area contributed by atoms with Crippen molar-refractivity contribution >= 4 is 17.3 Å². The lowest BCUT2D eigenvalue weighted by atomic mass is 10.1. The summed E-state index contributed by atoms with van der Waals surface area (Å²) in [5.41, 5.74) is -0.103. The van der Waals surface area contributed by atoms with E-state index in [1.165, 1.54) is 6.07 Å². The minimum absolute atomic E-state index is 0.158. The van der Waals surface area contributed by atoms with Gasteiger partial charge in [0.05, 0.1) is 16.9 Å². The number of hydrogen-bond acceptors (Lipinski definition) is 3. The van der Waals surface area contributed by atoms with E-state index in [-0.39, 0.29) is 18.0 Å². The molecule has 0 unspecified atom stereocenters. The number of nitrogens with one attached hydrogen (secondary N) is 2. The predicted octanol–water partition coefficient (Wildman–Crippen LogP) is 2.32. The summed E-state index contributed by atoms with van der Waals surface area (Å²) in [5, 5.41) is 5.32. The van der Waals surface area contributed by atoms with E-state index >= 15 is 0 Å². The maximum absolute atomic E-state index is 12.7. The van der Waals surface area contributed by atoms with Gasteiger partial charge in [0, 0.05) is 27.1 Å². The first-order chi connectivity index (χ1) is 9.25. The fourth-order valence-corrected chi connectivity index (χ4v) is 1.65. The SMILES string of the molecule is CNCCC(=O)Nc1cc(C(F)(F)F)ccc1N(C)C. The average Bonchev–Trinajstić information content (AvgIpc) is 2.34. The van der Waals surface area contributed by atoms with Crippen LogP contribution in [0, 0.1) is 0 Å². The minimum atomic E-state index is -4.44. The van der Waals surface area contributed by atoms with Crippen molar-refractivity contribution in [3.05, 3.63) is 23.8 Å². The fourth-order valence-electron chi connectivity index (χ4n) is 1.65. The van der Waals surface area contributed by atoms with Gasteiger partial charge in [-0.2, -0.15) is 13.2 Å². The zero-order valence-electron chi connectivity index (χ0n) is 11.6. The third-order valence-corrected chi connectivity index (χ3v) is 2.68. The summed E-state index contributed by atoms with van der Waals surface area (Å²) in [6.07, 6.45) is -4.24. The van der Waals surface area contributed by atoms with Crippen LogP contribution in [0.4, 0.5) is 24.5 Å². The molecule has 0 atom stereocenters. The number of hydrogen-bond donors (Lipinski definition) is 2. The molecule has 0 radical (unpaired) electrons. The molecule has 0 aliphatic heterocycles. The van der Waals surface area contributed by atoms with E-state index in [0.717, 1.165) is 12.1 Å². The molecule has 20 heavy (non-hydrogen) atoms.